The van der Waals surface area contributed by atoms with Gasteiger partial charge in [0.15, 0.2) is 0 Å². The molecule has 1 aliphatic rings. The first-order chi connectivity index (χ1) is 10.1. The number of hydrogen-bond acceptors (Lipinski definition) is 2. The van der Waals surface area contributed by atoms with E-state index in [-0.39, 0.29) is 6.04 Å². The molecule has 0 saturated carbocycles. The van der Waals surface area contributed by atoms with Crippen LogP contribution in [-0.2, 0) is 0 Å². The van der Waals surface area contributed by atoms with Crippen molar-refractivity contribution in [3.05, 3.63) is 62.5 Å². The minimum Gasteiger partial charge on any atom is -0.256 e. The molecule has 3 rings (SSSR count). The van der Waals surface area contributed by atoms with Crippen molar-refractivity contribution in [1.29, 1.82) is 0 Å². The number of anilines is 1. The minimum atomic E-state index is 0.136. The maximum Gasteiger partial charge on any atom is 0.0851 e. The lowest BCUT2D eigenvalue weighted by Gasteiger charge is -2.27. The fraction of sp³-hybridized carbons (Fsp3) is 0.188. The average Bonchev–Trinajstić information content (AvgIpc) is 2.82. The quantitative estimate of drug-likeness (QED) is 0.626. The molecule has 0 saturated heterocycles. The molecule has 2 nitrogen and oxygen atoms in total. The fourth-order valence-corrected chi connectivity index (χ4v) is 3.30. The van der Waals surface area contributed by atoms with Gasteiger partial charge in [-0.1, -0.05) is 58.2 Å². The van der Waals surface area contributed by atoms with E-state index < -0.39 is 0 Å². The highest BCUT2D eigenvalue weighted by molar-refractivity contribution is 9.10. The van der Waals surface area contributed by atoms with Crippen LogP contribution in [-0.4, -0.2) is 6.21 Å². The highest BCUT2D eigenvalue weighted by atomic mass is 79.9. The van der Waals surface area contributed by atoms with Crippen LogP contribution >= 0.6 is 39.1 Å². The van der Waals surface area contributed by atoms with E-state index in [1.54, 1.807) is 6.07 Å². The summed E-state index contributed by atoms with van der Waals surface area (Å²) >= 11 is 15.8. The van der Waals surface area contributed by atoms with E-state index in [1.165, 1.54) is 5.56 Å². The summed E-state index contributed by atoms with van der Waals surface area (Å²) in [6, 6.07) is 13.9. The second kappa shape index (κ2) is 5.99. The largest absolute Gasteiger partial charge is 0.256 e. The molecule has 0 aromatic heterocycles. The summed E-state index contributed by atoms with van der Waals surface area (Å²) in [7, 11) is 0. The zero-order chi connectivity index (χ0) is 15.0. The van der Waals surface area contributed by atoms with Crippen molar-refractivity contribution < 1.29 is 0 Å². The summed E-state index contributed by atoms with van der Waals surface area (Å²) in [6.45, 7) is 2.15. The van der Waals surface area contributed by atoms with Crippen molar-refractivity contribution in [2.24, 2.45) is 11.0 Å². The van der Waals surface area contributed by atoms with Crippen molar-refractivity contribution in [2.75, 3.05) is 5.01 Å². The molecule has 2 atom stereocenters. The van der Waals surface area contributed by atoms with Crippen LogP contribution in [0.25, 0.3) is 0 Å². The van der Waals surface area contributed by atoms with Gasteiger partial charge in [0.2, 0.25) is 0 Å². The number of nitrogens with zero attached hydrogens (tertiary/aromatic N) is 2. The zero-order valence-electron chi connectivity index (χ0n) is 11.3. The molecular weight excluding hydrogens is 371 g/mol. The first kappa shape index (κ1) is 14.9. The molecule has 0 aliphatic carbocycles. The van der Waals surface area contributed by atoms with Crippen LogP contribution in [0, 0.1) is 5.92 Å². The van der Waals surface area contributed by atoms with Crippen molar-refractivity contribution >= 4 is 51.0 Å². The third-order valence-corrected chi connectivity index (χ3v) is 4.62. The Kier molecular flexibility index (Phi) is 4.25. The summed E-state index contributed by atoms with van der Waals surface area (Å²) in [5.74, 6) is 0.304. The smallest absolute Gasteiger partial charge is 0.0851 e. The Bertz CT molecular complexity index is 685. The van der Waals surface area contributed by atoms with Crippen LogP contribution in [0.15, 0.2) is 52.0 Å². The van der Waals surface area contributed by atoms with Gasteiger partial charge >= 0.3 is 0 Å². The van der Waals surface area contributed by atoms with E-state index in [2.05, 4.69) is 40.1 Å². The van der Waals surface area contributed by atoms with Crippen LogP contribution in [0.3, 0.4) is 0 Å². The molecule has 5 heteroatoms. The van der Waals surface area contributed by atoms with Gasteiger partial charge in [0, 0.05) is 21.6 Å². The zero-order valence-corrected chi connectivity index (χ0v) is 14.4. The van der Waals surface area contributed by atoms with Crippen LogP contribution in [0.4, 0.5) is 5.69 Å². The lowest BCUT2D eigenvalue weighted by molar-refractivity contribution is 0.592. The second-order valence-corrected chi connectivity index (χ2v) is 6.82. The molecule has 108 valence electrons. The summed E-state index contributed by atoms with van der Waals surface area (Å²) < 4.78 is 1.06. The monoisotopic (exact) mass is 382 g/mol. The van der Waals surface area contributed by atoms with E-state index >= 15 is 0 Å². The lowest BCUT2D eigenvalue weighted by Crippen LogP contribution is -2.23. The average molecular weight is 384 g/mol. The van der Waals surface area contributed by atoms with Crippen LogP contribution in [0.5, 0.6) is 0 Å². The molecule has 0 radical (unpaired) electrons. The normalized spacial score (nSPS) is 21.0. The van der Waals surface area contributed by atoms with Crippen molar-refractivity contribution in [2.45, 2.75) is 13.0 Å². The van der Waals surface area contributed by atoms with Gasteiger partial charge in [-0.3, -0.25) is 5.01 Å². The predicted molar refractivity (Wildman–Crippen MR) is 93.5 cm³/mol. The molecule has 2 aromatic carbocycles. The Labute approximate surface area is 142 Å². The van der Waals surface area contributed by atoms with E-state index in [9.17, 15) is 0 Å². The summed E-state index contributed by atoms with van der Waals surface area (Å²) in [4.78, 5) is 0. The van der Waals surface area contributed by atoms with E-state index in [0.717, 1.165) is 10.2 Å². The molecule has 0 N–H and O–H groups in total. The molecule has 0 fully saturated rings. The number of hydrazone groups is 1. The fourth-order valence-electron chi connectivity index (χ4n) is 2.54. The molecule has 1 aliphatic heterocycles. The van der Waals surface area contributed by atoms with Crippen LogP contribution in [0.2, 0.25) is 10.0 Å². The van der Waals surface area contributed by atoms with Gasteiger partial charge in [-0.2, -0.15) is 5.10 Å². The van der Waals surface area contributed by atoms with Gasteiger partial charge < -0.3 is 0 Å². The van der Waals surface area contributed by atoms with Gasteiger partial charge in [0.1, 0.15) is 0 Å². The first-order valence-corrected chi connectivity index (χ1v) is 8.15. The Balaban J connectivity index is 2.00. The number of halogens is 3. The number of hydrogen-bond donors (Lipinski definition) is 0. The summed E-state index contributed by atoms with van der Waals surface area (Å²) in [5, 5.41) is 7.72. The van der Waals surface area contributed by atoms with Crippen molar-refractivity contribution in [3.8, 4) is 0 Å². The number of rotatable bonds is 2. The van der Waals surface area contributed by atoms with Gasteiger partial charge in [0.05, 0.1) is 16.8 Å². The minimum absolute atomic E-state index is 0.136. The molecule has 0 spiro atoms. The summed E-state index contributed by atoms with van der Waals surface area (Å²) in [5.41, 5.74) is 2.07. The highest BCUT2D eigenvalue weighted by Gasteiger charge is 2.31. The van der Waals surface area contributed by atoms with Gasteiger partial charge in [0.25, 0.3) is 0 Å². The molecule has 0 amide bonds. The topological polar surface area (TPSA) is 15.6 Å². The maximum absolute atomic E-state index is 6.33. The van der Waals surface area contributed by atoms with Gasteiger partial charge in [-0.15, -0.1) is 0 Å². The predicted octanol–water partition coefficient (Wildman–Crippen LogP) is 5.94. The Morgan fingerprint density at radius 1 is 1.10 bits per heavy atom. The van der Waals surface area contributed by atoms with Crippen LogP contribution < -0.4 is 5.01 Å². The molecule has 2 unspecified atom stereocenters. The van der Waals surface area contributed by atoms with Gasteiger partial charge in [-0.05, 0) is 35.9 Å². The first-order valence-electron chi connectivity index (χ1n) is 6.60. The maximum atomic E-state index is 6.33. The third-order valence-electron chi connectivity index (χ3n) is 3.56. The van der Waals surface area contributed by atoms with E-state index in [4.69, 9.17) is 23.2 Å². The number of benzene rings is 2. The Morgan fingerprint density at radius 3 is 2.48 bits per heavy atom. The molecular formula is C16H13BrCl2N2. The Morgan fingerprint density at radius 2 is 1.81 bits per heavy atom. The summed E-state index contributed by atoms with van der Waals surface area (Å²) in [6.07, 6.45) is 1.96. The SMILES string of the molecule is CC1C=NN(c2ccc(Cl)cc2Cl)C1c1ccc(Br)cc1. The van der Waals surface area contributed by atoms with E-state index in [0.29, 0.717) is 16.0 Å². The Hall–Kier alpha value is -1.03. The van der Waals surface area contributed by atoms with Crippen LogP contribution in [0.1, 0.15) is 18.5 Å². The van der Waals surface area contributed by atoms with Gasteiger partial charge in [-0.25, -0.2) is 0 Å². The standard InChI is InChI=1S/C16H13BrCl2N2/c1-10-9-20-21(15-7-6-13(18)8-14(15)19)16(10)11-2-4-12(17)5-3-11/h2-10,16H,1H3. The highest BCUT2D eigenvalue weighted by Crippen LogP contribution is 2.40. The second-order valence-electron chi connectivity index (χ2n) is 5.06. The van der Waals surface area contributed by atoms with Crippen molar-refractivity contribution in [1.82, 2.24) is 0 Å². The third kappa shape index (κ3) is 2.96. The van der Waals surface area contributed by atoms with Crippen molar-refractivity contribution in [3.63, 3.8) is 0 Å². The molecule has 2 aromatic rings. The lowest BCUT2D eigenvalue weighted by atomic mass is 9.96. The molecule has 21 heavy (non-hydrogen) atoms. The van der Waals surface area contributed by atoms with E-state index in [1.807, 2.05) is 35.5 Å². The molecule has 0 bridgehead atoms. The molecule has 1 heterocycles.